The zero-order valence-corrected chi connectivity index (χ0v) is 34.7. The Morgan fingerprint density at radius 3 is 1.87 bits per heavy atom. The topological polar surface area (TPSA) is 195 Å². The molecule has 13 heteroatoms. The molecule has 0 bridgehead atoms. The Morgan fingerprint density at radius 1 is 0.741 bits per heavy atom. The van der Waals surface area contributed by atoms with Gasteiger partial charge in [-0.05, 0) is 31.6 Å². The summed E-state index contributed by atoms with van der Waals surface area (Å²) in [7, 11) is -4.43. The van der Waals surface area contributed by atoms with Crippen LogP contribution >= 0.6 is 7.82 Å². The number of ether oxygens (including phenoxy) is 2. The van der Waals surface area contributed by atoms with Crippen molar-refractivity contribution in [1.82, 2.24) is 0 Å². The molecule has 1 saturated carbocycles. The summed E-state index contributed by atoms with van der Waals surface area (Å²) in [6, 6.07) is 0. The van der Waals surface area contributed by atoms with Gasteiger partial charge < -0.3 is 35.4 Å². The largest absolute Gasteiger partial charge is 0.472 e. The molecule has 0 radical (unpaired) electrons. The number of aliphatic hydroxyl groups excluding tert-OH is 3. The van der Waals surface area contributed by atoms with Crippen molar-refractivity contribution in [3.05, 3.63) is 12.2 Å². The first kappa shape index (κ1) is 50.6. The number of carbonyl (C=O) groups is 2. The molecule has 0 spiro atoms. The number of rotatable bonds is 36. The van der Waals surface area contributed by atoms with Crippen LogP contribution in [0, 0.1) is 11.8 Å². The number of carbonyl (C=O) groups excluding carboxylic acids is 2. The zero-order chi connectivity index (χ0) is 39.9. The number of aliphatic hydroxyl groups is 3. The maximum atomic E-state index is 12.7. The minimum absolute atomic E-state index is 0.0211. The molecule has 0 aromatic rings. The van der Waals surface area contributed by atoms with Crippen LogP contribution in [0.5, 0.6) is 0 Å². The molecule has 0 saturated heterocycles. The van der Waals surface area contributed by atoms with Crippen LogP contribution in [0.2, 0.25) is 0 Å². The molecule has 1 unspecified atom stereocenters. The van der Waals surface area contributed by atoms with E-state index in [0.717, 1.165) is 64.2 Å². The lowest BCUT2D eigenvalue weighted by molar-refractivity contribution is -0.161. The summed E-state index contributed by atoms with van der Waals surface area (Å²) in [6.07, 6.45) is 24.5. The normalized spacial score (nSPS) is 20.9. The summed E-state index contributed by atoms with van der Waals surface area (Å²) in [5.41, 5.74) is 5.34. The van der Waals surface area contributed by atoms with Gasteiger partial charge in [0.25, 0.3) is 0 Å². The van der Waals surface area contributed by atoms with Gasteiger partial charge in [-0.3, -0.25) is 18.6 Å². The third kappa shape index (κ3) is 26.5. The third-order valence-corrected chi connectivity index (χ3v) is 11.2. The van der Waals surface area contributed by atoms with Crippen LogP contribution in [0.25, 0.3) is 0 Å². The van der Waals surface area contributed by atoms with Gasteiger partial charge in [-0.1, -0.05) is 142 Å². The van der Waals surface area contributed by atoms with Crippen molar-refractivity contribution in [1.29, 1.82) is 0 Å². The minimum atomic E-state index is -4.43. The molecule has 6 N–H and O–H groups in total. The second-order valence-corrected chi connectivity index (χ2v) is 16.6. The summed E-state index contributed by atoms with van der Waals surface area (Å²) < 4.78 is 32.8. The summed E-state index contributed by atoms with van der Waals surface area (Å²) in [5.74, 6) is -1.25. The van der Waals surface area contributed by atoms with Gasteiger partial charge in [-0.25, -0.2) is 4.57 Å². The number of phosphoric ester groups is 1. The molecule has 0 heterocycles. The Morgan fingerprint density at radius 2 is 1.28 bits per heavy atom. The molecule has 1 aliphatic rings. The maximum Gasteiger partial charge on any atom is 0.472 e. The van der Waals surface area contributed by atoms with E-state index in [1.807, 2.05) is 6.08 Å². The predicted octanol–water partition coefficient (Wildman–Crippen LogP) is 8.21. The molecule has 318 valence electrons. The van der Waals surface area contributed by atoms with Gasteiger partial charge in [0.15, 0.2) is 6.10 Å². The highest BCUT2D eigenvalue weighted by atomic mass is 31.2. The average Bonchev–Trinajstić information content (AvgIpc) is 3.41. The van der Waals surface area contributed by atoms with Gasteiger partial charge in [0.2, 0.25) is 0 Å². The Hall–Kier alpha value is -1.37. The third-order valence-electron chi connectivity index (χ3n) is 10.3. The molecule has 54 heavy (non-hydrogen) atoms. The van der Waals surface area contributed by atoms with Crippen LogP contribution in [-0.4, -0.2) is 82.9 Å². The molecule has 0 aromatic heterocycles. The number of unbranched alkanes of at least 4 members (excludes halogenated alkanes) is 17. The maximum absolute atomic E-state index is 12.7. The SMILES string of the molecule is CCCCCCCCCCCCCCCC(=O)OC[C@H](COP(=O)(O)OCCN)OC(=O)CCCCCC[C@@H]1[C@@H](/C=C/[C@@H](O)CCCCC)[C@H](O)C[C@@H]1O. The monoisotopic (exact) mass is 792 g/mol. The van der Waals surface area contributed by atoms with Crippen LogP contribution in [0.3, 0.4) is 0 Å². The van der Waals surface area contributed by atoms with E-state index in [4.69, 9.17) is 24.3 Å². The number of phosphoric acid groups is 1. The number of hydrogen-bond donors (Lipinski definition) is 5. The van der Waals surface area contributed by atoms with Crippen molar-refractivity contribution < 1.29 is 52.9 Å². The van der Waals surface area contributed by atoms with Gasteiger partial charge in [0, 0.05) is 31.7 Å². The van der Waals surface area contributed by atoms with Crippen LogP contribution in [0.1, 0.15) is 174 Å². The lowest BCUT2D eigenvalue weighted by Crippen LogP contribution is -2.29. The van der Waals surface area contributed by atoms with E-state index in [2.05, 4.69) is 13.8 Å². The molecule has 1 rings (SSSR count). The molecule has 0 aromatic carbocycles. The van der Waals surface area contributed by atoms with E-state index < -0.39 is 50.8 Å². The Balaban J connectivity index is 2.39. The highest BCUT2D eigenvalue weighted by Gasteiger charge is 2.39. The van der Waals surface area contributed by atoms with Gasteiger partial charge in [0.05, 0.1) is 31.5 Å². The number of hydrogen-bond acceptors (Lipinski definition) is 11. The smallest absolute Gasteiger partial charge is 0.462 e. The lowest BCUT2D eigenvalue weighted by atomic mass is 9.88. The standard InChI is InChI=1S/C41H78NO11P/c1-3-5-7-8-9-10-11-12-13-14-15-16-21-25-40(46)50-32-35(33-52-54(48,49)51-30-29-42)53-41(47)26-22-18-17-20-24-36-37(39(45)31-38(36)44)28-27-34(43)23-19-6-4-2/h27-28,34-39,43-45H,3-26,29-33,42H2,1-2H3,(H,48,49)/b28-27+/t34-,35+,36+,37+,38-,39+/m0/s1. The van der Waals surface area contributed by atoms with Crippen molar-refractivity contribution in [2.45, 2.75) is 199 Å². The highest BCUT2D eigenvalue weighted by molar-refractivity contribution is 7.47. The minimum Gasteiger partial charge on any atom is -0.462 e. The van der Waals surface area contributed by atoms with Gasteiger partial charge >= 0.3 is 19.8 Å². The highest BCUT2D eigenvalue weighted by Crippen LogP contribution is 2.43. The van der Waals surface area contributed by atoms with Crippen molar-refractivity contribution in [2.75, 3.05) is 26.4 Å². The van der Waals surface area contributed by atoms with E-state index in [9.17, 15) is 34.4 Å². The number of nitrogens with two attached hydrogens (primary N) is 1. The van der Waals surface area contributed by atoms with Crippen molar-refractivity contribution in [3.8, 4) is 0 Å². The van der Waals surface area contributed by atoms with Crippen LogP contribution in [0.15, 0.2) is 12.2 Å². The lowest BCUT2D eigenvalue weighted by Gasteiger charge is -2.21. The molecule has 7 atom stereocenters. The summed E-state index contributed by atoms with van der Waals surface area (Å²) in [5, 5.41) is 31.3. The molecular formula is C41H78NO11P. The van der Waals surface area contributed by atoms with Crippen LogP contribution in [0.4, 0.5) is 0 Å². The summed E-state index contributed by atoms with van der Waals surface area (Å²) >= 11 is 0. The fourth-order valence-electron chi connectivity index (χ4n) is 7.03. The zero-order valence-electron chi connectivity index (χ0n) is 33.8. The average molecular weight is 792 g/mol. The quantitative estimate of drug-likeness (QED) is 0.0177. The second kappa shape index (κ2) is 32.7. The van der Waals surface area contributed by atoms with Gasteiger partial charge in [-0.15, -0.1) is 0 Å². The Bertz CT molecular complexity index is 1020. The van der Waals surface area contributed by atoms with Gasteiger partial charge in [0.1, 0.15) is 6.61 Å². The first-order chi connectivity index (χ1) is 26.0. The molecule has 12 nitrogen and oxygen atoms in total. The first-order valence-electron chi connectivity index (χ1n) is 21.4. The molecule has 1 aliphatic carbocycles. The Labute approximate surface area is 326 Å². The van der Waals surface area contributed by atoms with Gasteiger partial charge in [-0.2, -0.15) is 0 Å². The first-order valence-corrected chi connectivity index (χ1v) is 22.9. The molecule has 0 amide bonds. The second-order valence-electron chi connectivity index (χ2n) is 15.2. The van der Waals surface area contributed by atoms with Crippen LogP contribution < -0.4 is 5.73 Å². The predicted molar refractivity (Wildman–Crippen MR) is 213 cm³/mol. The molecular weight excluding hydrogens is 713 g/mol. The van der Waals surface area contributed by atoms with Crippen molar-refractivity contribution in [2.24, 2.45) is 17.6 Å². The van der Waals surface area contributed by atoms with E-state index in [1.165, 1.54) is 57.8 Å². The fourth-order valence-corrected chi connectivity index (χ4v) is 7.79. The summed E-state index contributed by atoms with van der Waals surface area (Å²) in [4.78, 5) is 35.0. The van der Waals surface area contributed by atoms with E-state index in [0.29, 0.717) is 25.7 Å². The van der Waals surface area contributed by atoms with E-state index in [1.54, 1.807) is 6.08 Å². The summed E-state index contributed by atoms with van der Waals surface area (Å²) in [6.45, 7) is 3.39. The van der Waals surface area contributed by atoms with E-state index in [-0.39, 0.29) is 44.4 Å². The molecule has 0 aliphatic heterocycles. The van der Waals surface area contributed by atoms with Crippen LogP contribution in [-0.2, 0) is 32.7 Å². The molecule has 1 fully saturated rings. The number of esters is 2. The Kier molecular flexibility index (Phi) is 30.7. The van der Waals surface area contributed by atoms with Crippen molar-refractivity contribution in [3.63, 3.8) is 0 Å². The van der Waals surface area contributed by atoms with Crippen molar-refractivity contribution >= 4 is 19.8 Å². The fraction of sp³-hybridized carbons (Fsp3) is 0.902. The van der Waals surface area contributed by atoms with E-state index >= 15 is 0 Å².